The van der Waals surface area contributed by atoms with E-state index in [0.717, 1.165) is 10.4 Å². The zero-order chi connectivity index (χ0) is 9.26. The lowest BCUT2D eigenvalue weighted by Crippen LogP contribution is -2.09. The van der Waals surface area contributed by atoms with Crippen LogP contribution < -0.4 is 0 Å². The van der Waals surface area contributed by atoms with Gasteiger partial charge >= 0.3 is 0 Å². The van der Waals surface area contributed by atoms with Crippen LogP contribution in [0.4, 0.5) is 0 Å². The van der Waals surface area contributed by atoms with Crippen LogP contribution in [0.3, 0.4) is 0 Å². The van der Waals surface area contributed by atoms with E-state index in [1.54, 1.807) is 11.3 Å². The molecule has 0 radical (unpaired) electrons. The normalized spacial score (nSPS) is 21.6. The largest absolute Gasteiger partial charge is 0.340 e. The summed E-state index contributed by atoms with van der Waals surface area (Å²) >= 11 is 6.64. The summed E-state index contributed by atoms with van der Waals surface area (Å²) in [6, 6.07) is 0. The Morgan fingerprint density at radius 2 is 2.54 bits per heavy atom. The summed E-state index contributed by atoms with van der Waals surface area (Å²) in [4.78, 5) is 3.20. The SMILES string of the molecule is C[N+]1=CCC(c2csc(=S)[nH]2)C=C1. The van der Waals surface area contributed by atoms with Crippen molar-refractivity contribution in [3.63, 3.8) is 0 Å². The maximum Gasteiger partial charge on any atom is 0.164 e. The molecule has 0 spiro atoms. The molecule has 0 amide bonds. The van der Waals surface area contributed by atoms with Crippen LogP contribution in [0, 0.1) is 3.95 Å². The van der Waals surface area contributed by atoms with Gasteiger partial charge in [0.1, 0.15) is 13.3 Å². The molecule has 1 aliphatic rings. The number of hydrogen-bond acceptors (Lipinski definition) is 2. The molecule has 68 valence electrons. The molecule has 0 saturated heterocycles. The summed E-state index contributed by atoms with van der Waals surface area (Å²) in [7, 11) is 2.04. The Kier molecular flexibility index (Phi) is 2.42. The van der Waals surface area contributed by atoms with Crippen LogP contribution >= 0.6 is 23.6 Å². The highest BCUT2D eigenvalue weighted by Crippen LogP contribution is 2.22. The molecule has 0 saturated carbocycles. The standard InChI is InChI=1S/C9H10N2S2/c1-11-4-2-7(3-5-11)8-6-13-9(12)10-8/h2,4-7H,3H2,1H3/p+1. The molecule has 4 heteroatoms. The lowest BCUT2D eigenvalue weighted by Gasteiger charge is -2.08. The molecule has 1 aromatic heterocycles. The van der Waals surface area contributed by atoms with Crippen molar-refractivity contribution in [2.75, 3.05) is 7.05 Å². The van der Waals surface area contributed by atoms with Gasteiger partial charge in [0.15, 0.2) is 10.2 Å². The Balaban J connectivity index is 2.22. The van der Waals surface area contributed by atoms with E-state index in [2.05, 4.69) is 33.4 Å². The van der Waals surface area contributed by atoms with Crippen molar-refractivity contribution in [3.8, 4) is 0 Å². The molecule has 1 aliphatic heterocycles. The molecule has 0 bridgehead atoms. The molecule has 0 fully saturated rings. The van der Waals surface area contributed by atoms with Crippen LogP contribution in [0.5, 0.6) is 0 Å². The van der Waals surface area contributed by atoms with Gasteiger partial charge < -0.3 is 4.98 Å². The first-order valence-electron chi connectivity index (χ1n) is 4.17. The first kappa shape index (κ1) is 8.84. The van der Waals surface area contributed by atoms with Crippen LogP contribution in [0.25, 0.3) is 0 Å². The van der Waals surface area contributed by atoms with Crippen LogP contribution in [-0.2, 0) is 0 Å². The quantitative estimate of drug-likeness (QED) is 0.558. The minimum absolute atomic E-state index is 0.476. The summed E-state index contributed by atoms with van der Waals surface area (Å²) in [6.45, 7) is 0. The second-order valence-corrected chi connectivity index (χ2v) is 4.68. The van der Waals surface area contributed by atoms with Crippen LogP contribution in [0.2, 0.25) is 0 Å². The lowest BCUT2D eigenvalue weighted by atomic mass is 10.0. The molecule has 1 atom stereocenters. The van der Waals surface area contributed by atoms with Crippen LogP contribution in [0.15, 0.2) is 17.7 Å². The lowest BCUT2D eigenvalue weighted by molar-refractivity contribution is -0.420. The van der Waals surface area contributed by atoms with Crippen molar-refractivity contribution >= 4 is 29.8 Å². The van der Waals surface area contributed by atoms with Crippen LogP contribution in [-0.4, -0.2) is 22.8 Å². The first-order valence-corrected chi connectivity index (χ1v) is 5.46. The number of thiazole rings is 1. The Morgan fingerprint density at radius 3 is 3.08 bits per heavy atom. The minimum Gasteiger partial charge on any atom is -0.340 e. The average molecular weight is 211 g/mol. The number of nitrogens with zero attached hydrogens (tertiary/aromatic N) is 1. The predicted octanol–water partition coefficient (Wildman–Crippen LogP) is 2.52. The summed E-state index contributed by atoms with van der Waals surface area (Å²) in [6.07, 6.45) is 7.52. The fourth-order valence-corrected chi connectivity index (χ4v) is 2.27. The van der Waals surface area contributed by atoms with Gasteiger partial charge in [0.25, 0.3) is 0 Å². The third-order valence-electron chi connectivity index (χ3n) is 2.14. The number of H-pyrrole nitrogens is 1. The molecule has 0 aliphatic carbocycles. The van der Waals surface area contributed by atoms with Crippen LogP contribution in [0.1, 0.15) is 18.0 Å². The molecule has 1 aromatic rings. The van der Waals surface area contributed by atoms with Gasteiger partial charge in [0.2, 0.25) is 0 Å². The van der Waals surface area contributed by atoms with Crippen molar-refractivity contribution in [1.29, 1.82) is 0 Å². The Bertz CT molecular complexity index is 411. The zero-order valence-corrected chi connectivity index (χ0v) is 8.99. The monoisotopic (exact) mass is 211 g/mol. The van der Waals surface area contributed by atoms with Gasteiger partial charge in [-0.1, -0.05) is 0 Å². The maximum absolute atomic E-state index is 5.04. The zero-order valence-electron chi connectivity index (χ0n) is 7.36. The average Bonchev–Trinajstić information content (AvgIpc) is 2.53. The number of hydrogen-bond donors (Lipinski definition) is 1. The second kappa shape index (κ2) is 3.55. The molecule has 1 N–H and O–H groups in total. The minimum atomic E-state index is 0.476. The Labute approximate surface area is 86.2 Å². The first-order chi connectivity index (χ1) is 6.25. The molecule has 13 heavy (non-hydrogen) atoms. The molecular weight excluding hydrogens is 200 g/mol. The number of nitrogens with one attached hydrogen (secondary N) is 1. The highest BCUT2D eigenvalue weighted by Gasteiger charge is 2.14. The van der Waals surface area contributed by atoms with E-state index in [-0.39, 0.29) is 0 Å². The topological polar surface area (TPSA) is 18.8 Å². The number of allylic oxidation sites excluding steroid dienone is 1. The number of aromatic nitrogens is 1. The molecule has 0 aromatic carbocycles. The maximum atomic E-state index is 5.04. The summed E-state index contributed by atoms with van der Waals surface area (Å²) in [5, 5.41) is 2.11. The van der Waals surface area contributed by atoms with E-state index in [0.29, 0.717) is 5.92 Å². The molecule has 1 unspecified atom stereocenters. The predicted molar refractivity (Wildman–Crippen MR) is 58.3 cm³/mol. The second-order valence-electron chi connectivity index (χ2n) is 3.14. The van der Waals surface area contributed by atoms with Gasteiger partial charge in [-0.25, -0.2) is 4.58 Å². The van der Waals surface area contributed by atoms with Gasteiger partial charge in [0, 0.05) is 23.4 Å². The van der Waals surface area contributed by atoms with Crippen molar-refractivity contribution in [2.24, 2.45) is 0 Å². The molecule has 2 rings (SSSR count). The van der Waals surface area contributed by atoms with E-state index < -0.39 is 0 Å². The van der Waals surface area contributed by atoms with Gasteiger partial charge in [-0.2, -0.15) is 0 Å². The van der Waals surface area contributed by atoms with Crippen molar-refractivity contribution < 1.29 is 4.58 Å². The van der Waals surface area contributed by atoms with Crippen molar-refractivity contribution in [1.82, 2.24) is 4.98 Å². The highest BCUT2D eigenvalue weighted by molar-refractivity contribution is 7.73. The molecule has 2 heterocycles. The fraction of sp³-hybridized carbons (Fsp3) is 0.333. The third kappa shape index (κ3) is 1.95. The fourth-order valence-electron chi connectivity index (χ4n) is 1.36. The highest BCUT2D eigenvalue weighted by atomic mass is 32.1. The third-order valence-corrected chi connectivity index (χ3v) is 3.22. The Morgan fingerprint density at radius 1 is 1.69 bits per heavy atom. The summed E-state index contributed by atoms with van der Waals surface area (Å²) in [5.74, 6) is 0.476. The van der Waals surface area contributed by atoms with E-state index >= 15 is 0 Å². The molecular formula is C9H11N2S2+. The number of rotatable bonds is 1. The summed E-state index contributed by atoms with van der Waals surface area (Å²) in [5.41, 5.74) is 1.23. The molecule has 2 nitrogen and oxygen atoms in total. The Hall–Kier alpha value is -0.740. The van der Waals surface area contributed by atoms with Gasteiger partial charge in [-0.05, 0) is 18.3 Å². The van der Waals surface area contributed by atoms with E-state index in [4.69, 9.17) is 12.2 Å². The smallest absolute Gasteiger partial charge is 0.164 e. The summed E-state index contributed by atoms with van der Waals surface area (Å²) < 4.78 is 2.94. The van der Waals surface area contributed by atoms with E-state index in [1.165, 1.54) is 5.69 Å². The number of aromatic amines is 1. The van der Waals surface area contributed by atoms with E-state index in [9.17, 15) is 0 Å². The van der Waals surface area contributed by atoms with Gasteiger partial charge in [0.05, 0.1) is 0 Å². The van der Waals surface area contributed by atoms with Gasteiger partial charge in [-0.3, -0.25) is 0 Å². The van der Waals surface area contributed by atoms with Crippen molar-refractivity contribution in [2.45, 2.75) is 12.3 Å². The van der Waals surface area contributed by atoms with Crippen molar-refractivity contribution in [3.05, 3.63) is 27.3 Å². The van der Waals surface area contributed by atoms with E-state index in [1.807, 2.05) is 7.05 Å². The van der Waals surface area contributed by atoms with Gasteiger partial charge in [-0.15, -0.1) is 11.3 Å².